The first kappa shape index (κ1) is 26.5. The zero-order chi connectivity index (χ0) is 23.9. The predicted molar refractivity (Wildman–Crippen MR) is 135 cm³/mol. The van der Waals surface area contributed by atoms with Crippen molar-refractivity contribution >= 4 is 5.78 Å². The molecule has 0 aliphatic heterocycles. The van der Waals surface area contributed by atoms with Crippen LogP contribution in [0.3, 0.4) is 0 Å². The Kier molecular flexibility index (Phi) is 12.2. The van der Waals surface area contributed by atoms with Crippen LogP contribution in [0, 0.1) is 5.92 Å². The molecule has 0 saturated carbocycles. The van der Waals surface area contributed by atoms with E-state index in [2.05, 4.69) is 13.8 Å². The van der Waals surface area contributed by atoms with Gasteiger partial charge in [-0.15, -0.1) is 0 Å². The molecule has 0 aliphatic carbocycles. The molecule has 33 heavy (non-hydrogen) atoms. The molecule has 0 bridgehead atoms. The minimum atomic E-state index is 0.0969. The molecule has 0 amide bonds. The minimum absolute atomic E-state index is 0.0969. The number of aryl methyl sites for hydroxylation is 1. The Labute approximate surface area is 199 Å². The van der Waals surface area contributed by atoms with Crippen LogP contribution >= 0.6 is 0 Å². The van der Waals surface area contributed by atoms with E-state index in [-0.39, 0.29) is 17.3 Å². The smallest absolute Gasteiger partial charge is 0.161 e. The third-order valence-corrected chi connectivity index (χ3v) is 5.94. The summed E-state index contributed by atoms with van der Waals surface area (Å²) >= 11 is 0. The Morgan fingerprint density at radius 2 is 1.70 bits per heavy atom. The van der Waals surface area contributed by atoms with Gasteiger partial charge in [-0.05, 0) is 66.6 Å². The highest BCUT2D eigenvalue weighted by Crippen LogP contribution is 2.27. The van der Waals surface area contributed by atoms with Gasteiger partial charge in [-0.1, -0.05) is 70.2 Å². The average molecular weight is 453 g/mol. The van der Waals surface area contributed by atoms with E-state index >= 15 is 0 Å². The standard InChI is InChI=1S/C29H40O4/c1-3-4-6-9-23(2)10-7-5-8-11-26(30)18-14-25-15-19-28(32)29(22-25)33-21-20-24-12-16-27(31)17-13-24/h8,11-13,15-17,19,22-23,31-32H,3-7,9-10,14,18,20-21H2,1-2H3. The summed E-state index contributed by atoms with van der Waals surface area (Å²) in [4.78, 5) is 12.2. The quantitative estimate of drug-likeness (QED) is 0.209. The summed E-state index contributed by atoms with van der Waals surface area (Å²) in [6.07, 6.45) is 14.0. The number of aromatic hydroxyl groups is 2. The van der Waals surface area contributed by atoms with Gasteiger partial charge in [0.2, 0.25) is 0 Å². The lowest BCUT2D eigenvalue weighted by atomic mass is 9.97. The zero-order valence-corrected chi connectivity index (χ0v) is 20.3. The van der Waals surface area contributed by atoms with Crippen molar-refractivity contribution in [2.75, 3.05) is 6.61 Å². The van der Waals surface area contributed by atoms with Crippen molar-refractivity contribution in [3.8, 4) is 17.2 Å². The fourth-order valence-corrected chi connectivity index (χ4v) is 3.81. The molecule has 0 saturated heterocycles. The van der Waals surface area contributed by atoms with Crippen LogP contribution in [0.25, 0.3) is 0 Å². The number of rotatable bonds is 16. The van der Waals surface area contributed by atoms with Gasteiger partial charge in [0.05, 0.1) is 6.61 Å². The SMILES string of the molecule is CCCCCC(C)CCCC=CC(=O)CCc1ccc(O)c(OCCc2ccc(O)cc2)c1. The van der Waals surface area contributed by atoms with E-state index < -0.39 is 0 Å². The van der Waals surface area contributed by atoms with Gasteiger partial charge in [0.1, 0.15) is 5.75 Å². The van der Waals surface area contributed by atoms with E-state index in [1.165, 1.54) is 32.1 Å². The molecule has 2 aromatic rings. The number of carbonyl (C=O) groups is 1. The number of hydrogen-bond acceptors (Lipinski definition) is 4. The van der Waals surface area contributed by atoms with Gasteiger partial charge >= 0.3 is 0 Å². The molecule has 0 aromatic heterocycles. The Morgan fingerprint density at radius 3 is 2.45 bits per heavy atom. The lowest BCUT2D eigenvalue weighted by molar-refractivity contribution is -0.114. The van der Waals surface area contributed by atoms with E-state index in [0.717, 1.165) is 29.9 Å². The van der Waals surface area contributed by atoms with Gasteiger partial charge in [-0.2, -0.15) is 0 Å². The van der Waals surface area contributed by atoms with Crippen LogP contribution in [0.15, 0.2) is 54.6 Å². The molecule has 2 aromatic carbocycles. The number of benzene rings is 2. The zero-order valence-electron chi connectivity index (χ0n) is 20.3. The third kappa shape index (κ3) is 11.1. The lowest BCUT2D eigenvalue weighted by Crippen LogP contribution is -2.02. The topological polar surface area (TPSA) is 66.8 Å². The molecule has 0 spiro atoms. The molecule has 2 rings (SSSR count). The first-order chi connectivity index (χ1) is 16.0. The van der Waals surface area contributed by atoms with Crippen molar-refractivity contribution in [3.05, 3.63) is 65.7 Å². The fourth-order valence-electron chi connectivity index (χ4n) is 3.81. The monoisotopic (exact) mass is 452 g/mol. The van der Waals surface area contributed by atoms with Crippen molar-refractivity contribution < 1.29 is 19.7 Å². The van der Waals surface area contributed by atoms with Crippen LogP contribution < -0.4 is 4.74 Å². The summed E-state index contributed by atoms with van der Waals surface area (Å²) < 4.78 is 5.75. The summed E-state index contributed by atoms with van der Waals surface area (Å²) in [7, 11) is 0. The summed E-state index contributed by atoms with van der Waals surface area (Å²) in [6.45, 7) is 4.98. The van der Waals surface area contributed by atoms with Crippen molar-refractivity contribution in [1.82, 2.24) is 0 Å². The van der Waals surface area contributed by atoms with E-state index in [4.69, 9.17) is 4.74 Å². The normalized spacial score (nSPS) is 12.2. The second-order valence-corrected chi connectivity index (χ2v) is 8.97. The van der Waals surface area contributed by atoms with Gasteiger partial charge in [-0.25, -0.2) is 0 Å². The van der Waals surface area contributed by atoms with Crippen LogP contribution in [0.1, 0.15) is 76.3 Å². The van der Waals surface area contributed by atoms with E-state index in [0.29, 0.717) is 31.6 Å². The molecule has 1 atom stereocenters. The van der Waals surface area contributed by atoms with Gasteiger partial charge in [0.25, 0.3) is 0 Å². The van der Waals surface area contributed by atoms with Crippen molar-refractivity contribution in [1.29, 1.82) is 0 Å². The number of allylic oxidation sites excluding steroid dienone is 2. The lowest BCUT2D eigenvalue weighted by Gasteiger charge is -2.10. The average Bonchev–Trinajstić information content (AvgIpc) is 2.80. The first-order valence-electron chi connectivity index (χ1n) is 12.4. The molecule has 0 aliphatic rings. The Bertz CT molecular complexity index is 854. The maximum atomic E-state index is 12.2. The van der Waals surface area contributed by atoms with Crippen LogP contribution in [0.5, 0.6) is 17.2 Å². The molecular weight excluding hydrogens is 412 g/mol. The summed E-state index contributed by atoms with van der Waals surface area (Å²) in [5, 5.41) is 19.4. The Balaban J connectivity index is 1.68. The number of phenolic OH excluding ortho intramolecular Hbond substituents is 2. The van der Waals surface area contributed by atoms with Gasteiger partial charge in [0.15, 0.2) is 17.3 Å². The molecule has 0 radical (unpaired) electrons. The maximum Gasteiger partial charge on any atom is 0.161 e. The highest BCUT2D eigenvalue weighted by molar-refractivity contribution is 5.89. The number of phenols is 2. The molecular formula is C29H40O4. The molecule has 1 unspecified atom stereocenters. The van der Waals surface area contributed by atoms with E-state index in [1.807, 2.05) is 30.3 Å². The highest BCUT2D eigenvalue weighted by Gasteiger charge is 2.07. The van der Waals surface area contributed by atoms with Gasteiger partial charge in [-0.3, -0.25) is 4.79 Å². The molecule has 2 N–H and O–H groups in total. The van der Waals surface area contributed by atoms with Crippen molar-refractivity contribution in [2.45, 2.75) is 78.1 Å². The predicted octanol–water partition coefficient (Wildman–Crippen LogP) is 7.16. The molecule has 4 nitrogen and oxygen atoms in total. The van der Waals surface area contributed by atoms with Crippen LogP contribution in [0.4, 0.5) is 0 Å². The fraction of sp³-hybridized carbons (Fsp3) is 0.483. The van der Waals surface area contributed by atoms with Crippen molar-refractivity contribution in [2.24, 2.45) is 5.92 Å². The largest absolute Gasteiger partial charge is 0.508 e. The van der Waals surface area contributed by atoms with Gasteiger partial charge < -0.3 is 14.9 Å². The molecule has 4 heteroatoms. The number of unbranched alkanes of at least 4 members (excludes halogenated alkanes) is 3. The second-order valence-electron chi connectivity index (χ2n) is 8.97. The number of hydrogen-bond donors (Lipinski definition) is 2. The summed E-state index contributed by atoms with van der Waals surface area (Å²) in [5.41, 5.74) is 2.02. The minimum Gasteiger partial charge on any atom is -0.508 e. The van der Waals surface area contributed by atoms with E-state index in [9.17, 15) is 15.0 Å². The number of carbonyl (C=O) groups excluding carboxylic acids is 1. The Hall–Kier alpha value is -2.75. The second kappa shape index (κ2) is 15.2. The maximum absolute atomic E-state index is 12.2. The summed E-state index contributed by atoms with van der Waals surface area (Å²) in [6, 6.07) is 12.3. The highest BCUT2D eigenvalue weighted by atomic mass is 16.5. The molecule has 0 heterocycles. The number of ketones is 1. The summed E-state index contributed by atoms with van der Waals surface area (Å²) in [5.74, 6) is 1.67. The van der Waals surface area contributed by atoms with Crippen LogP contribution in [0.2, 0.25) is 0 Å². The van der Waals surface area contributed by atoms with Crippen LogP contribution in [-0.4, -0.2) is 22.6 Å². The third-order valence-electron chi connectivity index (χ3n) is 5.94. The van der Waals surface area contributed by atoms with Crippen molar-refractivity contribution in [3.63, 3.8) is 0 Å². The first-order valence-corrected chi connectivity index (χ1v) is 12.4. The molecule has 0 fully saturated rings. The Morgan fingerprint density at radius 1 is 0.970 bits per heavy atom. The van der Waals surface area contributed by atoms with Gasteiger partial charge in [0, 0.05) is 12.8 Å². The molecule has 180 valence electrons. The number of ether oxygens (including phenoxy) is 1. The van der Waals surface area contributed by atoms with E-state index in [1.54, 1.807) is 24.3 Å². The van der Waals surface area contributed by atoms with Crippen LogP contribution in [-0.2, 0) is 17.6 Å².